The lowest BCUT2D eigenvalue weighted by Crippen LogP contribution is -2.45. The van der Waals surface area contributed by atoms with E-state index in [0.29, 0.717) is 25.3 Å². The predicted molar refractivity (Wildman–Crippen MR) is 60.8 cm³/mol. The molecular weight excluding hydrogens is 228 g/mol. The topological polar surface area (TPSA) is 75.3 Å². The number of hydrogen-bond donors (Lipinski definition) is 2. The van der Waals surface area contributed by atoms with Crippen molar-refractivity contribution in [2.75, 3.05) is 25.4 Å². The molecule has 5 nitrogen and oxygen atoms in total. The number of rotatable bonds is 4. The Labute approximate surface area is 95.9 Å². The molecule has 1 amide bonds. The third kappa shape index (κ3) is 2.74. The molecule has 16 heavy (non-hydrogen) atoms. The molecular formula is C10H18N2O3S. The van der Waals surface area contributed by atoms with E-state index in [0.717, 1.165) is 19.5 Å². The Bertz CT molecular complexity index is 362. The molecule has 2 N–H and O–H groups in total. The van der Waals surface area contributed by atoms with Crippen LogP contribution >= 0.6 is 0 Å². The Morgan fingerprint density at radius 3 is 2.62 bits per heavy atom. The van der Waals surface area contributed by atoms with E-state index in [1.54, 1.807) is 0 Å². The van der Waals surface area contributed by atoms with Crippen molar-refractivity contribution < 1.29 is 13.2 Å². The molecule has 0 spiro atoms. The molecule has 2 aliphatic rings. The molecule has 0 radical (unpaired) electrons. The molecule has 2 heterocycles. The molecule has 92 valence electrons. The molecule has 2 saturated heterocycles. The van der Waals surface area contributed by atoms with E-state index < -0.39 is 9.84 Å². The Morgan fingerprint density at radius 2 is 2.12 bits per heavy atom. The van der Waals surface area contributed by atoms with Gasteiger partial charge >= 0.3 is 0 Å². The zero-order chi connectivity index (χ0) is 11.6. The first kappa shape index (κ1) is 11.9. The molecule has 1 atom stereocenters. The summed E-state index contributed by atoms with van der Waals surface area (Å²) in [5.41, 5.74) is 0. The van der Waals surface area contributed by atoms with Gasteiger partial charge in [0.2, 0.25) is 5.91 Å². The van der Waals surface area contributed by atoms with Gasteiger partial charge in [-0.1, -0.05) is 0 Å². The van der Waals surface area contributed by atoms with Crippen LogP contribution in [0.2, 0.25) is 0 Å². The van der Waals surface area contributed by atoms with Crippen LogP contribution in [0.1, 0.15) is 19.3 Å². The van der Waals surface area contributed by atoms with Crippen LogP contribution in [-0.4, -0.2) is 45.0 Å². The molecule has 6 heteroatoms. The van der Waals surface area contributed by atoms with Gasteiger partial charge in [0.1, 0.15) is 0 Å². The van der Waals surface area contributed by atoms with Crippen LogP contribution in [0.5, 0.6) is 0 Å². The van der Waals surface area contributed by atoms with Gasteiger partial charge in [-0.15, -0.1) is 0 Å². The highest BCUT2D eigenvalue weighted by molar-refractivity contribution is 7.92. The Kier molecular flexibility index (Phi) is 3.49. The summed E-state index contributed by atoms with van der Waals surface area (Å²) in [5, 5.41) is 5.48. The highest BCUT2D eigenvalue weighted by atomic mass is 32.2. The molecule has 0 bridgehead atoms. The van der Waals surface area contributed by atoms with Crippen molar-refractivity contribution in [2.24, 2.45) is 5.92 Å². The first-order chi connectivity index (χ1) is 7.58. The van der Waals surface area contributed by atoms with E-state index >= 15 is 0 Å². The van der Waals surface area contributed by atoms with Crippen LogP contribution in [0.4, 0.5) is 0 Å². The van der Waals surface area contributed by atoms with Gasteiger partial charge in [0.05, 0.1) is 11.0 Å². The van der Waals surface area contributed by atoms with Gasteiger partial charge in [-0.2, -0.15) is 0 Å². The minimum atomic E-state index is -2.93. The normalized spacial score (nSPS) is 28.6. The van der Waals surface area contributed by atoms with Gasteiger partial charge in [-0.05, 0) is 31.8 Å². The largest absolute Gasteiger partial charge is 0.355 e. The smallest absolute Gasteiger partial charge is 0.220 e. The van der Waals surface area contributed by atoms with Gasteiger partial charge in [0.15, 0.2) is 9.84 Å². The summed E-state index contributed by atoms with van der Waals surface area (Å²) in [5.74, 6) is 0.689. The van der Waals surface area contributed by atoms with Crippen LogP contribution in [0.3, 0.4) is 0 Å². The third-order valence-electron chi connectivity index (χ3n) is 3.33. The summed E-state index contributed by atoms with van der Waals surface area (Å²) in [6.07, 6.45) is 1.93. The molecule has 2 fully saturated rings. The average molecular weight is 246 g/mol. The molecule has 0 aromatic heterocycles. The summed E-state index contributed by atoms with van der Waals surface area (Å²) in [7, 11) is -2.93. The second kappa shape index (κ2) is 4.71. The maximum absolute atomic E-state index is 11.5. The van der Waals surface area contributed by atoms with Crippen molar-refractivity contribution in [1.82, 2.24) is 10.6 Å². The molecule has 2 rings (SSSR count). The first-order valence-electron chi connectivity index (χ1n) is 5.77. The van der Waals surface area contributed by atoms with Gasteiger partial charge in [-0.25, -0.2) is 8.42 Å². The maximum atomic E-state index is 11.5. The summed E-state index contributed by atoms with van der Waals surface area (Å²) in [6.45, 7) is 2.09. The Morgan fingerprint density at radius 1 is 1.38 bits per heavy atom. The lowest BCUT2D eigenvalue weighted by atomic mass is 9.99. The van der Waals surface area contributed by atoms with Crippen molar-refractivity contribution in [3.63, 3.8) is 0 Å². The van der Waals surface area contributed by atoms with Crippen molar-refractivity contribution in [1.29, 1.82) is 0 Å². The lowest BCUT2D eigenvalue weighted by molar-refractivity contribution is -0.122. The monoisotopic (exact) mass is 246 g/mol. The van der Waals surface area contributed by atoms with Crippen LogP contribution in [-0.2, 0) is 14.6 Å². The summed E-state index contributed by atoms with van der Waals surface area (Å²) in [4.78, 5) is 11.5. The van der Waals surface area contributed by atoms with E-state index in [9.17, 15) is 13.2 Å². The minimum absolute atomic E-state index is 0.0198. The molecule has 0 saturated carbocycles. The van der Waals surface area contributed by atoms with E-state index in [4.69, 9.17) is 0 Å². The van der Waals surface area contributed by atoms with Crippen molar-refractivity contribution in [3.8, 4) is 0 Å². The molecule has 2 aliphatic heterocycles. The minimum Gasteiger partial charge on any atom is -0.355 e. The Balaban J connectivity index is 1.72. The van der Waals surface area contributed by atoms with Gasteiger partial charge in [0, 0.05) is 13.0 Å². The van der Waals surface area contributed by atoms with Crippen molar-refractivity contribution >= 4 is 15.7 Å². The zero-order valence-corrected chi connectivity index (χ0v) is 10.1. The van der Waals surface area contributed by atoms with Crippen LogP contribution in [0.15, 0.2) is 0 Å². The fourth-order valence-electron chi connectivity index (χ4n) is 2.14. The fraction of sp³-hybridized carbons (Fsp3) is 0.900. The summed E-state index contributed by atoms with van der Waals surface area (Å²) in [6, 6.07) is 0. The van der Waals surface area contributed by atoms with Gasteiger partial charge in [-0.3, -0.25) is 4.79 Å². The van der Waals surface area contributed by atoms with Crippen molar-refractivity contribution in [3.05, 3.63) is 0 Å². The quantitative estimate of drug-likeness (QED) is 0.687. The molecule has 1 unspecified atom stereocenters. The predicted octanol–water partition coefficient (Wildman–Crippen LogP) is -0.711. The molecule has 0 aromatic carbocycles. The van der Waals surface area contributed by atoms with Crippen LogP contribution in [0, 0.1) is 5.92 Å². The van der Waals surface area contributed by atoms with Crippen LogP contribution < -0.4 is 10.6 Å². The maximum Gasteiger partial charge on any atom is 0.220 e. The molecule has 0 aliphatic carbocycles. The standard InChI is InChI=1S/C10H18N2O3S/c13-10(4-8-5-11-6-8)12-7-9-2-1-3-16(9,14)15/h8-9,11H,1-7H2,(H,12,13). The van der Waals surface area contributed by atoms with E-state index in [1.165, 1.54) is 0 Å². The number of carbonyl (C=O) groups is 1. The number of hydrogen-bond acceptors (Lipinski definition) is 4. The number of carbonyl (C=O) groups excluding carboxylic acids is 1. The molecule has 0 aromatic rings. The SMILES string of the molecule is O=C(CC1CNC1)NCC1CCCS1(=O)=O. The second-order valence-electron chi connectivity index (χ2n) is 4.66. The van der Waals surface area contributed by atoms with E-state index in [-0.39, 0.29) is 16.9 Å². The van der Waals surface area contributed by atoms with Crippen LogP contribution in [0.25, 0.3) is 0 Å². The first-order valence-corrected chi connectivity index (χ1v) is 7.48. The summed E-state index contributed by atoms with van der Waals surface area (Å²) >= 11 is 0. The van der Waals surface area contributed by atoms with Gasteiger partial charge in [0.25, 0.3) is 0 Å². The zero-order valence-electron chi connectivity index (χ0n) is 9.24. The Hall–Kier alpha value is -0.620. The van der Waals surface area contributed by atoms with E-state index in [1.807, 2.05) is 0 Å². The number of nitrogens with one attached hydrogen (secondary N) is 2. The lowest BCUT2D eigenvalue weighted by Gasteiger charge is -2.26. The third-order valence-corrected chi connectivity index (χ3v) is 5.61. The summed E-state index contributed by atoms with van der Waals surface area (Å²) < 4.78 is 23.0. The second-order valence-corrected chi connectivity index (χ2v) is 7.06. The average Bonchev–Trinajstić information content (AvgIpc) is 2.48. The highest BCUT2D eigenvalue weighted by Crippen LogP contribution is 2.19. The van der Waals surface area contributed by atoms with Gasteiger partial charge < -0.3 is 10.6 Å². The number of amides is 1. The fourth-order valence-corrected chi connectivity index (χ4v) is 3.91. The van der Waals surface area contributed by atoms with E-state index in [2.05, 4.69) is 10.6 Å². The number of sulfone groups is 1. The highest BCUT2D eigenvalue weighted by Gasteiger charge is 2.31. The van der Waals surface area contributed by atoms with Crippen molar-refractivity contribution in [2.45, 2.75) is 24.5 Å².